The van der Waals surface area contributed by atoms with Gasteiger partial charge >= 0.3 is 0 Å². The molecule has 5 nitrogen and oxygen atoms in total. The third kappa shape index (κ3) is 6.05. The molecule has 2 aromatic heterocycles. The maximum absolute atomic E-state index is 6.97. The number of ether oxygens (including phenoxy) is 1. The Balaban J connectivity index is 1.08. The molecule has 0 amide bonds. The van der Waals surface area contributed by atoms with E-state index in [1.165, 1.54) is 21.8 Å². The summed E-state index contributed by atoms with van der Waals surface area (Å²) in [5, 5.41) is 2.42. The number of nitrogens with zero attached hydrogens (tertiary/aromatic N) is 4. The second kappa shape index (κ2) is 14.9. The van der Waals surface area contributed by atoms with Crippen molar-refractivity contribution < 1.29 is 4.74 Å². The summed E-state index contributed by atoms with van der Waals surface area (Å²) in [6, 6.07) is 81.0. The predicted octanol–water partition coefficient (Wildman–Crippen LogP) is 14.1. The molecular weight excluding hydrogens is 769 g/mol. The topological polar surface area (TPSA) is 52.8 Å². The molecule has 12 rings (SSSR count). The molecule has 0 spiro atoms. The number of aromatic nitrogens is 4. The second-order valence-electron chi connectivity index (χ2n) is 16.0. The lowest BCUT2D eigenvalue weighted by Gasteiger charge is -2.42. The van der Waals surface area contributed by atoms with Crippen molar-refractivity contribution in [2.75, 3.05) is 0 Å². The van der Waals surface area contributed by atoms with Gasteiger partial charge in [0.25, 0.3) is 0 Å². The molecule has 11 aromatic rings. The zero-order chi connectivity index (χ0) is 41.7. The van der Waals surface area contributed by atoms with Gasteiger partial charge < -0.3 is 9.30 Å². The number of para-hydroxylation sites is 2. The first-order valence-corrected chi connectivity index (χ1v) is 21.3. The molecule has 0 radical (unpaired) electrons. The predicted molar refractivity (Wildman–Crippen MR) is 254 cm³/mol. The minimum absolute atomic E-state index is 0.586. The van der Waals surface area contributed by atoms with Crippen molar-refractivity contribution in [3.8, 4) is 62.5 Å². The minimum Gasteiger partial charge on any atom is -0.457 e. The third-order valence-corrected chi connectivity index (χ3v) is 12.4. The van der Waals surface area contributed by atoms with Crippen LogP contribution in [0.5, 0.6) is 11.5 Å². The summed E-state index contributed by atoms with van der Waals surface area (Å²) in [6.07, 6.45) is 0. The lowest BCUT2D eigenvalue weighted by molar-refractivity contribution is 0.435. The zero-order valence-corrected chi connectivity index (χ0v) is 34.1. The van der Waals surface area contributed by atoms with Crippen LogP contribution in [0.3, 0.4) is 0 Å². The molecular formula is C58H38N4O. The van der Waals surface area contributed by atoms with Crippen LogP contribution in [0.1, 0.15) is 22.3 Å². The van der Waals surface area contributed by atoms with Crippen molar-refractivity contribution in [3.05, 3.63) is 253 Å². The van der Waals surface area contributed by atoms with Gasteiger partial charge in [0.1, 0.15) is 11.5 Å². The number of hydrogen-bond acceptors (Lipinski definition) is 4. The van der Waals surface area contributed by atoms with Gasteiger partial charge in [-0.2, -0.15) is 0 Å². The van der Waals surface area contributed by atoms with Crippen molar-refractivity contribution in [2.45, 2.75) is 5.41 Å². The summed E-state index contributed by atoms with van der Waals surface area (Å²) >= 11 is 0. The molecule has 5 heteroatoms. The average Bonchev–Trinajstić information content (AvgIpc) is 3.70. The van der Waals surface area contributed by atoms with Crippen LogP contribution in [0.4, 0.5) is 0 Å². The van der Waals surface area contributed by atoms with Gasteiger partial charge in [-0.25, -0.2) is 15.0 Å². The number of hydrogen-bond donors (Lipinski definition) is 0. The average molecular weight is 807 g/mol. The third-order valence-electron chi connectivity index (χ3n) is 12.4. The van der Waals surface area contributed by atoms with Crippen molar-refractivity contribution in [1.82, 2.24) is 19.5 Å². The highest BCUT2D eigenvalue weighted by atomic mass is 16.5. The maximum Gasteiger partial charge on any atom is 0.164 e. The van der Waals surface area contributed by atoms with E-state index in [1.807, 2.05) is 60.7 Å². The highest BCUT2D eigenvalue weighted by Crippen LogP contribution is 2.56. The Hall–Kier alpha value is -8.41. The van der Waals surface area contributed by atoms with Gasteiger partial charge in [0, 0.05) is 44.3 Å². The Morgan fingerprint density at radius 2 is 0.762 bits per heavy atom. The highest BCUT2D eigenvalue weighted by molar-refractivity contribution is 6.10. The SMILES string of the molecule is c1ccc(-c2nc(-c3ccccc3)nc(-c3ccc4c(c3)C(c3ccccc3)(c3ccccc3)c3cc(-c5ccc6c(c5)c5ccccc5n6-c5ccccc5)ccc3O4)n2)cc1. The standard InChI is InChI=1S/C58H38N4O/c1-6-18-39(19-7-1)55-59-56(40-20-8-2-9-21-40)61-57(60-55)43-32-35-54-50(38-43)58(44-22-10-3-11-23-44,45-24-12-4-13-25-45)49-37-42(31-34-53(49)63-54)41-30-33-52-48(36-41)47-28-16-17-29-51(47)62(52)46-26-14-5-15-27-46/h1-38H. The molecule has 0 fully saturated rings. The van der Waals surface area contributed by atoms with Crippen LogP contribution in [0, 0.1) is 0 Å². The highest BCUT2D eigenvalue weighted by Gasteiger charge is 2.46. The molecule has 0 N–H and O–H groups in total. The fourth-order valence-corrected chi connectivity index (χ4v) is 9.52. The molecule has 296 valence electrons. The smallest absolute Gasteiger partial charge is 0.164 e. The summed E-state index contributed by atoms with van der Waals surface area (Å²) in [6.45, 7) is 0. The first-order valence-electron chi connectivity index (χ1n) is 21.3. The van der Waals surface area contributed by atoms with Crippen molar-refractivity contribution in [2.24, 2.45) is 0 Å². The molecule has 3 heterocycles. The molecule has 1 aliphatic heterocycles. The van der Waals surface area contributed by atoms with E-state index in [1.54, 1.807) is 0 Å². The van der Waals surface area contributed by atoms with Crippen LogP contribution in [0.25, 0.3) is 72.8 Å². The fraction of sp³-hybridized carbons (Fsp3) is 0.0172. The van der Waals surface area contributed by atoms with Crippen molar-refractivity contribution in [1.29, 1.82) is 0 Å². The van der Waals surface area contributed by atoms with Crippen LogP contribution < -0.4 is 4.74 Å². The summed E-state index contributed by atoms with van der Waals surface area (Å²) in [5.74, 6) is 3.41. The molecule has 0 bridgehead atoms. The van der Waals surface area contributed by atoms with Gasteiger partial charge in [-0.1, -0.05) is 170 Å². The van der Waals surface area contributed by atoms with Crippen molar-refractivity contribution >= 4 is 21.8 Å². The van der Waals surface area contributed by atoms with Gasteiger partial charge in [-0.15, -0.1) is 0 Å². The summed E-state index contributed by atoms with van der Waals surface area (Å²) in [7, 11) is 0. The molecule has 0 aliphatic carbocycles. The van der Waals surface area contributed by atoms with Crippen LogP contribution in [-0.4, -0.2) is 19.5 Å². The van der Waals surface area contributed by atoms with Crippen molar-refractivity contribution in [3.63, 3.8) is 0 Å². The molecule has 0 saturated carbocycles. The Bertz CT molecular complexity index is 3360. The van der Waals surface area contributed by atoms with E-state index >= 15 is 0 Å². The van der Waals surface area contributed by atoms with Gasteiger partial charge in [0.05, 0.1) is 16.4 Å². The first kappa shape index (κ1) is 36.4. The lowest BCUT2D eigenvalue weighted by Crippen LogP contribution is -2.34. The van der Waals surface area contributed by atoms with Crippen LogP contribution in [0.2, 0.25) is 0 Å². The normalized spacial score (nSPS) is 12.7. The largest absolute Gasteiger partial charge is 0.457 e. The summed E-state index contributed by atoms with van der Waals surface area (Å²) < 4.78 is 9.33. The van der Waals surface area contributed by atoms with Crippen LogP contribution in [-0.2, 0) is 5.41 Å². The van der Waals surface area contributed by atoms with Crippen LogP contribution in [0.15, 0.2) is 231 Å². The fourth-order valence-electron chi connectivity index (χ4n) is 9.52. The molecule has 0 atom stereocenters. The molecule has 0 saturated heterocycles. The van der Waals surface area contributed by atoms with Gasteiger partial charge in [-0.3, -0.25) is 0 Å². The second-order valence-corrected chi connectivity index (χ2v) is 16.0. The number of fused-ring (bicyclic) bond motifs is 5. The van der Waals surface area contributed by atoms with E-state index < -0.39 is 5.41 Å². The number of benzene rings is 9. The van der Waals surface area contributed by atoms with E-state index in [-0.39, 0.29) is 0 Å². The van der Waals surface area contributed by atoms with Gasteiger partial charge in [0.15, 0.2) is 17.5 Å². The van der Waals surface area contributed by atoms with Gasteiger partial charge in [0.2, 0.25) is 0 Å². The monoisotopic (exact) mass is 806 g/mol. The minimum atomic E-state index is -0.775. The first-order chi connectivity index (χ1) is 31.2. The Kier molecular flexibility index (Phi) is 8.64. The van der Waals surface area contributed by atoms with Gasteiger partial charge in [-0.05, 0) is 82.9 Å². The summed E-state index contributed by atoms with van der Waals surface area (Å²) in [4.78, 5) is 15.3. The zero-order valence-electron chi connectivity index (χ0n) is 34.1. The summed E-state index contributed by atoms with van der Waals surface area (Å²) in [5.41, 5.74) is 12.0. The van der Waals surface area contributed by atoms with E-state index in [0.717, 1.165) is 67.3 Å². The molecule has 9 aromatic carbocycles. The number of rotatable bonds is 7. The van der Waals surface area contributed by atoms with E-state index in [4.69, 9.17) is 19.7 Å². The Morgan fingerprint density at radius 3 is 1.35 bits per heavy atom. The lowest BCUT2D eigenvalue weighted by atomic mass is 9.63. The quantitative estimate of drug-likeness (QED) is 0.161. The van der Waals surface area contributed by atoms with E-state index in [9.17, 15) is 0 Å². The Morgan fingerprint density at radius 1 is 0.333 bits per heavy atom. The molecule has 63 heavy (non-hydrogen) atoms. The molecule has 1 aliphatic rings. The van der Waals surface area contributed by atoms with E-state index in [0.29, 0.717) is 17.5 Å². The molecule has 0 unspecified atom stereocenters. The maximum atomic E-state index is 6.97. The van der Waals surface area contributed by atoms with Crippen LogP contribution >= 0.6 is 0 Å². The van der Waals surface area contributed by atoms with E-state index in [2.05, 4.69) is 174 Å². The Labute approximate surface area is 365 Å².